The highest BCUT2D eigenvalue weighted by molar-refractivity contribution is 8.03. The number of thiocarbonyl (C=S) groups is 1. The van der Waals surface area contributed by atoms with E-state index in [4.69, 9.17) is 21.7 Å². The van der Waals surface area contributed by atoms with Crippen molar-refractivity contribution in [2.45, 2.75) is 12.5 Å². The highest BCUT2D eigenvalue weighted by Gasteiger charge is 2.50. The van der Waals surface area contributed by atoms with Crippen molar-refractivity contribution in [3.8, 4) is 11.5 Å². The number of fused-ring (bicyclic) bond motifs is 2. The molecule has 0 N–H and O–H groups in total. The predicted molar refractivity (Wildman–Crippen MR) is 159 cm³/mol. The van der Waals surface area contributed by atoms with Gasteiger partial charge in [-0.15, -0.1) is 0 Å². The minimum atomic E-state index is 0.336. The summed E-state index contributed by atoms with van der Waals surface area (Å²) in [7, 11) is 2.16. The Morgan fingerprint density at radius 2 is 1.85 bits per heavy atom. The molecule has 2 aliphatic heterocycles. The van der Waals surface area contributed by atoms with E-state index < -0.39 is 0 Å². The zero-order valence-electron chi connectivity index (χ0n) is 20.3. The summed E-state index contributed by atoms with van der Waals surface area (Å²) in [5.41, 5.74) is 1.08. The number of nitrogens with zero attached hydrogens (tertiary/aromatic N) is 3. The molecule has 5 nitrogen and oxygen atoms in total. The van der Waals surface area contributed by atoms with Gasteiger partial charge in [0.15, 0.2) is 11.5 Å². The highest BCUT2D eigenvalue weighted by Crippen LogP contribution is 2.39. The molecule has 0 amide bonds. The number of ether oxygens (including phenoxy) is 2. The van der Waals surface area contributed by atoms with Gasteiger partial charge < -0.3 is 14.4 Å². The number of thioether (sulfide) groups is 4. The van der Waals surface area contributed by atoms with Crippen molar-refractivity contribution in [3.05, 3.63) is 18.2 Å². The van der Waals surface area contributed by atoms with Crippen molar-refractivity contribution in [1.29, 1.82) is 0 Å². The quantitative estimate of drug-likeness (QED) is 0.196. The van der Waals surface area contributed by atoms with Gasteiger partial charge in [0.2, 0.25) is 0 Å². The molecule has 2 atom stereocenters. The van der Waals surface area contributed by atoms with Gasteiger partial charge in [-0.1, -0.05) is 6.92 Å². The number of hydrogen-bond acceptors (Lipinski definition) is 10. The van der Waals surface area contributed by atoms with Gasteiger partial charge in [0, 0.05) is 72.5 Å². The van der Waals surface area contributed by atoms with Crippen LogP contribution in [-0.4, -0.2) is 113 Å². The van der Waals surface area contributed by atoms with Crippen molar-refractivity contribution in [3.63, 3.8) is 0 Å². The lowest BCUT2D eigenvalue weighted by Crippen LogP contribution is -2.28. The molecule has 10 heteroatoms. The number of benzene rings is 1. The first kappa shape index (κ1) is 28.5. The minimum absolute atomic E-state index is 0.336. The fraction of sp³-hybridized carbons (Fsp3) is 0.708. The molecule has 0 bridgehead atoms. The van der Waals surface area contributed by atoms with E-state index in [2.05, 4.69) is 69.2 Å². The van der Waals surface area contributed by atoms with Gasteiger partial charge in [0.05, 0.1) is 16.4 Å². The summed E-state index contributed by atoms with van der Waals surface area (Å²) in [6, 6.07) is 5.73. The Hall–Kier alpha value is -0.0600. The molecule has 3 rings (SSSR count). The van der Waals surface area contributed by atoms with Crippen LogP contribution >= 0.6 is 59.3 Å². The number of hydrogen-bond donors (Lipinski definition) is 0. The SMILES string of the molecule is CCSCCSCC12CSCCSCCN(C)CCOc3cc(N=C=S)ccc3OCCN1C2. The maximum atomic E-state index is 6.20. The summed E-state index contributed by atoms with van der Waals surface area (Å²) in [6.07, 6.45) is 0. The van der Waals surface area contributed by atoms with Gasteiger partial charge in [-0.25, -0.2) is 0 Å². The lowest BCUT2D eigenvalue weighted by molar-refractivity contribution is 0.224. The molecule has 34 heavy (non-hydrogen) atoms. The molecular formula is C24H37N3O2S5. The Morgan fingerprint density at radius 3 is 2.71 bits per heavy atom. The summed E-state index contributed by atoms with van der Waals surface area (Å²) in [6.45, 7) is 7.58. The Morgan fingerprint density at radius 1 is 1.06 bits per heavy atom. The van der Waals surface area contributed by atoms with E-state index in [1.807, 2.05) is 30.0 Å². The molecule has 2 unspecified atom stereocenters. The van der Waals surface area contributed by atoms with Gasteiger partial charge in [-0.2, -0.15) is 52.0 Å². The summed E-state index contributed by atoms with van der Waals surface area (Å²) in [5, 5.41) is 2.44. The van der Waals surface area contributed by atoms with E-state index >= 15 is 0 Å². The Balaban J connectivity index is 1.62. The van der Waals surface area contributed by atoms with Gasteiger partial charge >= 0.3 is 0 Å². The monoisotopic (exact) mass is 559 g/mol. The predicted octanol–water partition coefficient (Wildman–Crippen LogP) is 5.13. The molecule has 0 aromatic heterocycles. The van der Waals surface area contributed by atoms with Crippen molar-refractivity contribution >= 4 is 70.1 Å². The van der Waals surface area contributed by atoms with E-state index in [9.17, 15) is 0 Å². The van der Waals surface area contributed by atoms with Crippen LogP contribution in [0.15, 0.2) is 23.2 Å². The summed E-state index contributed by atoms with van der Waals surface area (Å²) in [5.74, 6) is 11.3. The third-order valence-electron chi connectivity index (χ3n) is 5.81. The van der Waals surface area contributed by atoms with Gasteiger partial charge in [0.1, 0.15) is 13.2 Å². The zero-order valence-corrected chi connectivity index (χ0v) is 24.4. The summed E-state index contributed by atoms with van der Waals surface area (Å²) in [4.78, 5) is 9.04. The van der Waals surface area contributed by atoms with Crippen LogP contribution in [0.4, 0.5) is 5.69 Å². The van der Waals surface area contributed by atoms with Crippen LogP contribution in [-0.2, 0) is 0 Å². The lowest BCUT2D eigenvalue weighted by Gasteiger charge is -2.20. The van der Waals surface area contributed by atoms with E-state index in [0.717, 1.165) is 42.6 Å². The largest absolute Gasteiger partial charge is 0.488 e. The Bertz CT molecular complexity index is 796. The molecule has 0 aliphatic carbocycles. The molecule has 190 valence electrons. The van der Waals surface area contributed by atoms with Crippen LogP contribution in [0, 0.1) is 0 Å². The van der Waals surface area contributed by atoms with Crippen LogP contribution in [0.2, 0.25) is 0 Å². The average molecular weight is 560 g/mol. The number of isothiocyanates is 1. The number of rotatable bonds is 7. The number of likely N-dealkylation sites (N-methyl/N-ethyl adjacent to an activating group) is 1. The van der Waals surface area contributed by atoms with Crippen molar-refractivity contribution in [2.75, 3.05) is 92.5 Å². The lowest BCUT2D eigenvalue weighted by atomic mass is 10.2. The number of aliphatic imine (C=N–C) groups is 1. The minimum Gasteiger partial charge on any atom is -0.488 e. The Kier molecular flexibility index (Phi) is 13.4. The van der Waals surface area contributed by atoms with Crippen LogP contribution < -0.4 is 9.47 Å². The van der Waals surface area contributed by atoms with Gasteiger partial charge in [-0.3, -0.25) is 4.90 Å². The molecule has 0 saturated carbocycles. The smallest absolute Gasteiger partial charge is 0.163 e. The second-order valence-corrected chi connectivity index (χ2v) is 13.4. The van der Waals surface area contributed by atoms with E-state index in [1.54, 1.807) is 0 Å². The second kappa shape index (κ2) is 15.9. The first-order chi connectivity index (χ1) is 16.7. The first-order valence-electron chi connectivity index (χ1n) is 11.9. The Labute approximate surface area is 227 Å². The molecule has 1 aromatic rings. The van der Waals surface area contributed by atoms with Crippen molar-refractivity contribution in [2.24, 2.45) is 4.99 Å². The van der Waals surface area contributed by atoms with Crippen molar-refractivity contribution in [1.82, 2.24) is 9.80 Å². The zero-order chi connectivity index (χ0) is 24.1. The van der Waals surface area contributed by atoms with Crippen LogP contribution in [0.25, 0.3) is 0 Å². The van der Waals surface area contributed by atoms with Crippen LogP contribution in [0.1, 0.15) is 6.92 Å². The average Bonchev–Trinajstić information content (AvgIpc) is 3.51. The first-order valence-corrected chi connectivity index (χ1v) is 16.9. The molecule has 1 aromatic carbocycles. The maximum absolute atomic E-state index is 6.20. The van der Waals surface area contributed by atoms with Crippen LogP contribution in [0.5, 0.6) is 11.5 Å². The summed E-state index contributed by atoms with van der Waals surface area (Å²) >= 11 is 13.1. The topological polar surface area (TPSA) is 37.1 Å². The fourth-order valence-corrected chi connectivity index (χ4v) is 8.57. The molecule has 2 heterocycles. The molecule has 0 spiro atoms. The van der Waals surface area contributed by atoms with Crippen LogP contribution in [0.3, 0.4) is 0 Å². The molecule has 0 radical (unpaired) electrons. The maximum Gasteiger partial charge on any atom is 0.163 e. The van der Waals surface area contributed by atoms with Crippen molar-refractivity contribution < 1.29 is 9.47 Å². The molecule has 1 saturated heterocycles. The van der Waals surface area contributed by atoms with E-state index in [1.165, 1.54) is 46.8 Å². The molecule has 1 fully saturated rings. The third-order valence-corrected chi connectivity index (χ3v) is 10.8. The second-order valence-electron chi connectivity index (χ2n) is 8.39. The fourth-order valence-electron chi connectivity index (χ4n) is 3.72. The highest BCUT2D eigenvalue weighted by atomic mass is 32.2. The standard InChI is InChI=1S/C24H37N3O2S5/c1-3-31-12-14-33-18-24-17-27(24)7-10-28-22-5-4-21(25-20-30)16-23(22)29-9-6-26(2)8-11-32-13-15-34-19-24/h4-5,16H,3,6-15,17-19H2,1-2H3. The van der Waals surface area contributed by atoms with Gasteiger partial charge in [0.25, 0.3) is 0 Å². The summed E-state index contributed by atoms with van der Waals surface area (Å²) < 4.78 is 12.3. The molecule has 2 aliphatic rings. The normalized spacial score (nSPS) is 24.8. The third kappa shape index (κ3) is 9.77. The van der Waals surface area contributed by atoms with Gasteiger partial charge in [-0.05, 0) is 37.2 Å². The molecular weight excluding hydrogens is 523 g/mol. The van der Waals surface area contributed by atoms with E-state index in [0.29, 0.717) is 18.8 Å². The van der Waals surface area contributed by atoms with E-state index in [-0.39, 0.29) is 0 Å².